The Kier molecular flexibility index (Phi) is 9.59. The summed E-state index contributed by atoms with van der Waals surface area (Å²) in [5.41, 5.74) is 0. The van der Waals surface area contributed by atoms with E-state index < -0.39 is 37.0 Å². The van der Waals surface area contributed by atoms with Crippen LogP contribution >= 0.6 is 0 Å². The van der Waals surface area contributed by atoms with Crippen molar-refractivity contribution in [1.82, 2.24) is 0 Å². The van der Waals surface area contributed by atoms with Gasteiger partial charge in [0.05, 0.1) is 6.61 Å². The summed E-state index contributed by atoms with van der Waals surface area (Å²) in [5.74, 6) is -1.73. The number of aliphatic hydroxyl groups is 5. The number of aliphatic hydroxyl groups excluding tert-OH is 5. The van der Waals surface area contributed by atoms with Gasteiger partial charge in [0.15, 0.2) is 6.10 Å². The van der Waals surface area contributed by atoms with Gasteiger partial charge in [0.1, 0.15) is 18.3 Å². The largest absolute Gasteiger partial charge is 0.479 e. The fraction of sp³-hybridized carbons (Fsp3) is 0.833. The minimum Gasteiger partial charge on any atom is -0.479 e. The SMILES string of the molecule is O=C(O)C(O)C(O)C(O)C(O)CO.[Ce]. The van der Waals surface area contributed by atoms with Crippen molar-refractivity contribution in [2.45, 2.75) is 24.4 Å². The maximum atomic E-state index is 10.1. The molecule has 0 aromatic rings. The van der Waals surface area contributed by atoms with Crippen molar-refractivity contribution < 1.29 is 77.2 Å². The Bertz CT molecular complexity index is 176. The van der Waals surface area contributed by atoms with Crippen LogP contribution in [0.2, 0.25) is 0 Å². The van der Waals surface area contributed by atoms with E-state index in [2.05, 4.69) is 0 Å². The van der Waals surface area contributed by atoms with Crippen molar-refractivity contribution in [3.63, 3.8) is 0 Å². The van der Waals surface area contributed by atoms with Crippen LogP contribution in [0.1, 0.15) is 0 Å². The molecule has 8 heteroatoms. The van der Waals surface area contributed by atoms with Crippen LogP contribution in [-0.4, -0.2) is 67.6 Å². The van der Waals surface area contributed by atoms with E-state index in [0.29, 0.717) is 0 Å². The molecular formula is C6H12CeO7. The molecule has 4 unspecified atom stereocenters. The standard InChI is InChI=1S/C6H12O7.Ce/c7-1-2(8)3(9)4(10)5(11)6(12)13;/h2-5,7-11H,1H2,(H,12,13);. The molecule has 0 aliphatic heterocycles. The van der Waals surface area contributed by atoms with Gasteiger partial charge in [0.2, 0.25) is 0 Å². The molecule has 0 aliphatic rings. The van der Waals surface area contributed by atoms with Gasteiger partial charge in [-0.15, -0.1) is 0 Å². The first-order chi connectivity index (χ1) is 5.91. The molecule has 0 spiro atoms. The van der Waals surface area contributed by atoms with Crippen LogP contribution in [0.25, 0.3) is 0 Å². The Balaban J connectivity index is 0. The summed E-state index contributed by atoms with van der Waals surface area (Å²) in [6.07, 6.45) is -7.84. The third-order valence-electron chi connectivity index (χ3n) is 1.51. The number of rotatable bonds is 5. The number of carboxylic acids is 1. The van der Waals surface area contributed by atoms with Gasteiger partial charge in [-0.25, -0.2) is 4.79 Å². The Morgan fingerprint density at radius 2 is 1.50 bits per heavy atom. The second kappa shape index (κ2) is 7.88. The average Bonchev–Trinajstić information content (AvgIpc) is 2.12. The van der Waals surface area contributed by atoms with E-state index in [0.717, 1.165) is 0 Å². The van der Waals surface area contributed by atoms with E-state index in [-0.39, 0.29) is 41.7 Å². The first kappa shape index (κ1) is 17.1. The predicted octanol–water partition coefficient (Wildman–Crippen LogP) is -3.49. The van der Waals surface area contributed by atoms with E-state index in [1.807, 2.05) is 0 Å². The Hall–Kier alpha value is 0.647. The van der Waals surface area contributed by atoms with Crippen LogP contribution in [0.15, 0.2) is 0 Å². The second-order valence-corrected chi connectivity index (χ2v) is 2.51. The number of hydrogen-bond donors (Lipinski definition) is 6. The number of hydrogen-bond acceptors (Lipinski definition) is 6. The molecule has 4 atom stereocenters. The molecule has 6 N–H and O–H groups in total. The van der Waals surface area contributed by atoms with Crippen LogP contribution in [-0.2, 0) is 4.79 Å². The monoisotopic (exact) mass is 336 g/mol. The summed E-state index contributed by atoms with van der Waals surface area (Å²) in [4.78, 5) is 10.1. The third kappa shape index (κ3) is 4.93. The Labute approximate surface area is 113 Å². The van der Waals surface area contributed by atoms with E-state index in [1.54, 1.807) is 0 Å². The molecule has 0 amide bonds. The summed E-state index contributed by atoms with van der Waals surface area (Å²) in [5, 5.41) is 51.8. The molecule has 14 heavy (non-hydrogen) atoms. The van der Waals surface area contributed by atoms with Gasteiger partial charge >= 0.3 is 5.97 Å². The summed E-state index contributed by atoms with van der Waals surface area (Å²) in [6.45, 7) is -0.843. The number of carboxylic acid groups (broad SMARTS) is 1. The van der Waals surface area contributed by atoms with Gasteiger partial charge < -0.3 is 30.6 Å². The van der Waals surface area contributed by atoms with Gasteiger partial charge in [-0.3, -0.25) is 0 Å². The van der Waals surface area contributed by atoms with Gasteiger partial charge in [-0.05, 0) is 0 Å². The molecule has 0 bridgehead atoms. The minimum absolute atomic E-state index is 0. The first-order valence-electron chi connectivity index (χ1n) is 3.47. The molecule has 0 aliphatic carbocycles. The topological polar surface area (TPSA) is 138 Å². The van der Waals surface area contributed by atoms with E-state index in [4.69, 9.17) is 30.6 Å². The molecule has 0 radical (unpaired) electrons. The van der Waals surface area contributed by atoms with Gasteiger partial charge in [-0.1, -0.05) is 0 Å². The van der Waals surface area contributed by atoms with Crippen molar-refractivity contribution in [3.05, 3.63) is 0 Å². The molecule has 0 saturated carbocycles. The molecule has 0 saturated heterocycles. The zero-order valence-corrected chi connectivity index (χ0v) is 10.2. The average molecular weight is 336 g/mol. The normalized spacial score (nSPS) is 18.9. The molecule has 0 aromatic carbocycles. The van der Waals surface area contributed by atoms with Crippen LogP contribution in [0.4, 0.5) is 0 Å². The van der Waals surface area contributed by atoms with Gasteiger partial charge in [-0.2, -0.15) is 0 Å². The maximum absolute atomic E-state index is 10.1. The minimum atomic E-state index is -2.20. The molecular weight excluding hydrogens is 324 g/mol. The van der Waals surface area contributed by atoms with Crippen molar-refractivity contribution >= 4 is 5.97 Å². The molecule has 82 valence electrons. The Morgan fingerprint density at radius 1 is 1.07 bits per heavy atom. The summed E-state index contributed by atoms with van der Waals surface area (Å²) >= 11 is 0. The fourth-order valence-electron chi connectivity index (χ4n) is 0.668. The van der Waals surface area contributed by atoms with Crippen molar-refractivity contribution in [2.24, 2.45) is 0 Å². The van der Waals surface area contributed by atoms with Crippen LogP contribution in [0.3, 0.4) is 0 Å². The summed E-state index contributed by atoms with van der Waals surface area (Å²) in [7, 11) is 0. The second-order valence-electron chi connectivity index (χ2n) is 2.51. The molecule has 7 nitrogen and oxygen atoms in total. The van der Waals surface area contributed by atoms with E-state index in [9.17, 15) is 4.79 Å². The van der Waals surface area contributed by atoms with Gasteiger partial charge in [0, 0.05) is 41.7 Å². The van der Waals surface area contributed by atoms with E-state index in [1.165, 1.54) is 0 Å². The maximum Gasteiger partial charge on any atom is 0.335 e. The third-order valence-corrected chi connectivity index (χ3v) is 1.51. The van der Waals surface area contributed by atoms with Crippen molar-refractivity contribution in [3.8, 4) is 0 Å². The quantitative estimate of drug-likeness (QED) is 0.306. The van der Waals surface area contributed by atoms with Crippen molar-refractivity contribution in [2.75, 3.05) is 6.61 Å². The fourth-order valence-corrected chi connectivity index (χ4v) is 0.668. The zero-order chi connectivity index (χ0) is 10.6. The predicted molar refractivity (Wildman–Crippen MR) is 38.7 cm³/mol. The molecule has 0 rings (SSSR count). The van der Waals surface area contributed by atoms with Crippen LogP contribution in [0, 0.1) is 41.7 Å². The number of aliphatic carboxylic acids is 1. The molecule has 0 aromatic heterocycles. The first-order valence-corrected chi connectivity index (χ1v) is 3.47. The van der Waals surface area contributed by atoms with E-state index >= 15 is 0 Å². The number of carbonyl (C=O) groups is 1. The summed E-state index contributed by atoms with van der Waals surface area (Å²) in [6, 6.07) is 0. The summed E-state index contributed by atoms with van der Waals surface area (Å²) < 4.78 is 0. The smallest absolute Gasteiger partial charge is 0.335 e. The zero-order valence-electron chi connectivity index (χ0n) is 7.11. The molecule has 0 heterocycles. The molecule has 0 fully saturated rings. The van der Waals surface area contributed by atoms with Crippen LogP contribution in [0.5, 0.6) is 0 Å². The Morgan fingerprint density at radius 3 is 1.79 bits per heavy atom. The van der Waals surface area contributed by atoms with Gasteiger partial charge in [0.25, 0.3) is 0 Å². The van der Waals surface area contributed by atoms with Crippen LogP contribution < -0.4 is 0 Å². The van der Waals surface area contributed by atoms with Crippen molar-refractivity contribution in [1.29, 1.82) is 0 Å².